The molecule has 0 saturated carbocycles. The van der Waals surface area contributed by atoms with Crippen molar-refractivity contribution in [3.63, 3.8) is 0 Å². The van der Waals surface area contributed by atoms with Crippen molar-refractivity contribution in [3.8, 4) is 0 Å². The van der Waals surface area contributed by atoms with Crippen LogP contribution in [0.15, 0.2) is 0 Å². The lowest BCUT2D eigenvalue weighted by Crippen LogP contribution is -2.23. The van der Waals surface area contributed by atoms with E-state index in [2.05, 4.69) is 20.6 Å². The van der Waals surface area contributed by atoms with Gasteiger partial charge < -0.3 is 0 Å². The Hall–Kier alpha value is -0.350. The van der Waals surface area contributed by atoms with Gasteiger partial charge >= 0.3 is 0 Å². The minimum Gasteiger partial charge on any atom is -0.177 e. The maximum atomic E-state index is 6.24. The monoisotopic (exact) mass is 264 g/mol. The molecule has 0 amide bonds. The van der Waals surface area contributed by atoms with Gasteiger partial charge in [0.15, 0.2) is 5.82 Å². The number of halogens is 2. The number of hydrogen-bond donors (Lipinski definition) is 1. The summed E-state index contributed by atoms with van der Waals surface area (Å²) in [6, 6.07) is 0. The Morgan fingerprint density at radius 1 is 1.12 bits per heavy atom. The molecule has 0 aliphatic rings. The number of rotatable bonds is 5. The summed E-state index contributed by atoms with van der Waals surface area (Å²) < 4.78 is 0. The fourth-order valence-corrected chi connectivity index (χ4v) is 2.14. The van der Waals surface area contributed by atoms with Crippen molar-refractivity contribution in [1.82, 2.24) is 20.6 Å². The zero-order chi connectivity index (χ0) is 12.4. The zero-order valence-electron chi connectivity index (χ0n) is 10.1. The van der Waals surface area contributed by atoms with Crippen molar-refractivity contribution in [3.05, 3.63) is 5.82 Å². The van der Waals surface area contributed by atoms with Crippen molar-refractivity contribution in [2.24, 2.45) is 0 Å². The SMILES string of the molecule is CC(C)(Cl)CC(CC(C)(C)Cl)c1nn[nH]n1. The van der Waals surface area contributed by atoms with Gasteiger partial charge in [-0.15, -0.1) is 33.4 Å². The number of nitrogens with zero attached hydrogens (tertiary/aromatic N) is 3. The second kappa shape index (κ2) is 4.88. The van der Waals surface area contributed by atoms with Crippen LogP contribution in [0.1, 0.15) is 52.3 Å². The second-order valence-electron chi connectivity index (χ2n) is 5.31. The lowest BCUT2D eigenvalue weighted by molar-refractivity contribution is 0.440. The molecule has 0 atom stereocenters. The summed E-state index contributed by atoms with van der Waals surface area (Å²) in [5.41, 5.74) is 0. The zero-order valence-corrected chi connectivity index (χ0v) is 11.6. The minimum absolute atomic E-state index is 0.124. The normalized spacial score (nSPS) is 13.4. The third kappa shape index (κ3) is 5.12. The second-order valence-corrected chi connectivity index (χ2v) is 7.36. The van der Waals surface area contributed by atoms with E-state index in [-0.39, 0.29) is 15.7 Å². The molecule has 0 aliphatic heterocycles. The summed E-state index contributed by atoms with van der Waals surface area (Å²) in [4.78, 5) is -0.596. The smallest absolute Gasteiger partial charge is 0.177 e. The average molecular weight is 265 g/mol. The van der Waals surface area contributed by atoms with Gasteiger partial charge in [0.1, 0.15) is 0 Å². The summed E-state index contributed by atoms with van der Waals surface area (Å²) >= 11 is 12.5. The van der Waals surface area contributed by atoms with Crippen LogP contribution in [0, 0.1) is 0 Å². The van der Waals surface area contributed by atoms with Crippen LogP contribution in [0.2, 0.25) is 0 Å². The van der Waals surface area contributed by atoms with Crippen LogP contribution in [0.25, 0.3) is 0 Å². The molecule has 0 aliphatic carbocycles. The highest BCUT2D eigenvalue weighted by Crippen LogP contribution is 2.35. The Kier molecular flexibility index (Phi) is 4.18. The van der Waals surface area contributed by atoms with Crippen molar-refractivity contribution < 1.29 is 0 Å². The van der Waals surface area contributed by atoms with E-state index in [4.69, 9.17) is 23.2 Å². The number of nitrogens with one attached hydrogen (secondary N) is 1. The Bertz CT molecular complexity index is 295. The van der Waals surface area contributed by atoms with Gasteiger partial charge in [0, 0.05) is 15.7 Å². The predicted octanol–water partition coefficient (Wildman–Crippen LogP) is 3.10. The van der Waals surface area contributed by atoms with Gasteiger partial charge in [-0.3, -0.25) is 0 Å². The van der Waals surface area contributed by atoms with E-state index in [1.54, 1.807) is 0 Å². The standard InChI is InChI=1S/C10H18Cl2N4/c1-9(2,11)5-7(6-10(3,4)12)8-13-15-16-14-8/h7H,5-6H2,1-4H3,(H,13,14,15,16). The van der Waals surface area contributed by atoms with Gasteiger partial charge in [-0.25, -0.2) is 0 Å². The highest BCUT2D eigenvalue weighted by atomic mass is 35.5. The van der Waals surface area contributed by atoms with Gasteiger partial charge in [0.25, 0.3) is 0 Å². The minimum atomic E-state index is -0.298. The van der Waals surface area contributed by atoms with Crippen LogP contribution in [-0.2, 0) is 0 Å². The van der Waals surface area contributed by atoms with Crippen molar-refractivity contribution >= 4 is 23.2 Å². The highest BCUT2D eigenvalue weighted by molar-refractivity contribution is 6.23. The molecule has 0 saturated heterocycles. The third-order valence-corrected chi connectivity index (χ3v) is 2.50. The van der Waals surface area contributed by atoms with Crippen LogP contribution in [0.4, 0.5) is 0 Å². The quantitative estimate of drug-likeness (QED) is 0.832. The van der Waals surface area contributed by atoms with Crippen LogP contribution >= 0.6 is 23.2 Å². The molecule has 6 heteroatoms. The van der Waals surface area contributed by atoms with Gasteiger partial charge in [0.2, 0.25) is 0 Å². The van der Waals surface area contributed by atoms with Crippen LogP contribution in [-0.4, -0.2) is 30.4 Å². The number of alkyl halides is 2. The van der Waals surface area contributed by atoms with Crippen LogP contribution < -0.4 is 0 Å². The number of aromatic amines is 1. The lowest BCUT2D eigenvalue weighted by atomic mass is 9.88. The van der Waals surface area contributed by atoms with E-state index >= 15 is 0 Å². The highest BCUT2D eigenvalue weighted by Gasteiger charge is 2.29. The fourth-order valence-electron chi connectivity index (χ4n) is 1.77. The average Bonchev–Trinajstić information content (AvgIpc) is 2.47. The van der Waals surface area contributed by atoms with Gasteiger partial charge in [-0.2, -0.15) is 5.21 Å². The molecular weight excluding hydrogens is 247 g/mol. The maximum Gasteiger partial charge on any atom is 0.177 e. The number of aromatic nitrogens is 4. The van der Waals surface area contributed by atoms with Gasteiger partial charge in [-0.05, 0) is 40.5 Å². The first kappa shape index (κ1) is 13.7. The number of hydrogen-bond acceptors (Lipinski definition) is 3. The van der Waals surface area contributed by atoms with E-state index in [1.807, 2.05) is 27.7 Å². The van der Waals surface area contributed by atoms with Crippen molar-refractivity contribution in [2.75, 3.05) is 0 Å². The molecule has 1 aromatic rings. The van der Waals surface area contributed by atoms with E-state index < -0.39 is 0 Å². The lowest BCUT2D eigenvalue weighted by Gasteiger charge is -2.26. The topological polar surface area (TPSA) is 54.5 Å². The first-order valence-corrected chi connectivity index (χ1v) is 6.04. The molecule has 0 bridgehead atoms. The predicted molar refractivity (Wildman–Crippen MR) is 66.0 cm³/mol. The Morgan fingerprint density at radius 2 is 1.62 bits per heavy atom. The van der Waals surface area contributed by atoms with E-state index in [1.165, 1.54) is 0 Å². The molecule has 0 unspecified atom stereocenters. The van der Waals surface area contributed by atoms with Crippen molar-refractivity contribution in [1.29, 1.82) is 0 Å². The fraction of sp³-hybridized carbons (Fsp3) is 0.900. The summed E-state index contributed by atoms with van der Waals surface area (Å²) in [5.74, 6) is 0.807. The maximum absolute atomic E-state index is 6.24. The Balaban J connectivity index is 2.79. The molecule has 1 heterocycles. The first-order valence-electron chi connectivity index (χ1n) is 5.28. The van der Waals surface area contributed by atoms with Crippen LogP contribution in [0.5, 0.6) is 0 Å². The summed E-state index contributed by atoms with van der Waals surface area (Å²) in [6.45, 7) is 7.90. The van der Waals surface area contributed by atoms with Gasteiger partial charge in [0.05, 0.1) is 0 Å². The molecule has 1 N–H and O–H groups in total. The number of tetrazole rings is 1. The molecule has 1 aromatic heterocycles. The molecule has 16 heavy (non-hydrogen) atoms. The largest absolute Gasteiger partial charge is 0.177 e. The molecule has 4 nitrogen and oxygen atoms in total. The molecular formula is C10H18Cl2N4. The molecule has 92 valence electrons. The summed E-state index contributed by atoms with van der Waals surface area (Å²) in [7, 11) is 0. The van der Waals surface area contributed by atoms with E-state index in [0.29, 0.717) is 5.82 Å². The number of H-pyrrole nitrogens is 1. The molecule has 1 rings (SSSR count). The molecule has 0 radical (unpaired) electrons. The Labute approximate surface area is 106 Å². The molecule has 0 fully saturated rings. The first-order chi connectivity index (χ1) is 7.17. The van der Waals surface area contributed by atoms with Gasteiger partial charge in [-0.1, -0.05) is 5.21 Å². The summed E-state index contributed by atoms with van der Waals surface area (Å²) in [5, 5.41) is 14.1. The van der Waals surface area contributed by atoms with E-state index in [9.17, 15) is 0 Å². The molecule has 0 spiro atoms. The Morgan fingerprint density at radius 3 is 1.94 bits per heavy atom. The van der Waals surface area contributed by atoms with Crippen LogP contribution in [0.3, 0.4) is 0 Å². The summed E-state index contributed by atoms with van der Waals surface area (Å²) in [6.07, 6.45) is 1.54. The van der Waals surface area contributed by atoms with Crippen molar-refractivity contribution in [2.45, 2.75) is 56.2 Å². The van der Waals surface area contributed by atoms with E-state index in [0.717, 1.165) is 12.8 Å². The molecule has 0 aromatic carbocycles. The third-order valence-electron chi connectivity index (χ3n) is 2.19.